The summed E-state index contributed by atoms with van der Waals surface area (Å²) in [6, 6.07) is 6.55. The molecule has 0 unspecified atom stereocenters. The number of nitrogens with one attached hydrogen (secondary N) is 2. The molecule has 0 aromatic heterocycles. The maximum atomic E-state index is 12.8. The largest absolute Gasteiger partial charge is 0.382 e. The van der Waals surface area contributed by atoms with E-state index in [0.717, 1.165) is 37.5 Å². The molecule has 0 aliphatic heterocycles. The van der Waals surface area contributed by atoms with Gasteiger partial charge in [-0.3, -0.25) is 4.99 Å². The van der Waals surface area contributed by atoms with Crippen LogP contribution in [-0.4, -0.2) is 53.0 Å². The SMILES string of the molecule is CN=C(NCCCOCCOC)NCCc1ccc(F)cc1.I. The number of hydrogen-bond donors (Lipinski definition) is 2. The van der Waals surface area contributed by atoms with Crippen molar-refractivity contribution in [1.29, 1.82) is 0 Å². The summed E-state index contributed by atoms with van der Waals surface area (Å²) in [5.41, 5.74) is 1.09. The minimum absolute atomic E-state index is 0. The van der Waals surface area contributed by atoms with Crippen molar-refractivity contribution in [1.82, 2.24) is 10.6 Å². The van der Waals surface area contributed by atoms with Gasteiger partial charge >= 0.3 is 0 Å². The Bertz CT molecular complexity index is 430. The predicted molar refractivity (Wildman–Crippen MR) is 102 cm³/mol. The molecule has 2 N–H and O–H groups in total. The highest BCUT2D eigenvalue weighted by molar-refractivity contribution is 14.0. The van der Waals surface area contributed by atoms with Crippen LogP contribution in [0, 0.1) is 5.82 Å². The first-order valence-electron chi connectivity index (χ1n) is 7.52. The fourth-order valence-electron chi connectivity index (χ4n) is 1.82. The number of ether oxygens (including phenoxy) is 2. The molecule has 0 atom stereocenters. The van der Waals surface area contributed by atoms with Crippen LogP contribution in [0.2, 0.25) is 0 Å². The minimum Gasteiger partial charge on any atom is -0.382 e. The lowest BCUT2D eigenvalue weighted by Gasteiger charge is -2.12. The summed E-state index contributed by atoms with van der Waals surface area (Å²) in [6.45, 7) is 3.49. The third-order valence-electron chi connectivity index (χ3n) is 3.03. The Hall–Kier alpha value is -0.930. The van der Waals surface area contributed by atoms with Crippen LogP contribution in [0.15, 0.2) is 29.3 Å². The minimum atomic E-state index is -0.207. The Morgan fingerprint density at radius 3 is 2.43 bits per heavy atom. The van der Waals surface area contributed by atoms with Crippen LogP contribution in [-0.2, 0) is 15.9 Å². The molecule has 0 amide bonds. The Morgan fingerprint density at radius 2 is 1.78 bits per heavy atom. The van der Waals surface area contributed by atoms with Crippen molar-refractivity contribution in [2.45, 2.75) is 12.8 Å². The molecule has 7 heteroatoms. The number of halogens is 2. The molecule has 0 heterocycles. The van der Waals surface area contributed by atoms with Gasteiger partial charge in [0, 0.05) is 33.9 Å². The number of rotatable bonds is 10. The first-order valence-corrected chi connectivity index (χ1v) is 7.52. The van der Waals surface area contributed by atoms with Crippen LogP contribution < -0.4 is 10.6 Å². The lowest BCUT2D eigenvalue weighted by molar-refractivity contribution is 0.0698. The van der Waals surface area contributed by atoms with Crippen LogP contribution in [0.4, 0.5) is 4.39 Å². The monoisotopic (exact) mass is 439 g/mol. The van der Waals surface area contributed by atoms with Gasteiger partial charge in [-0.1, -0.05) is 12.1 Å². The predicted octanol–water partition coefficient (Wildman–Crippen LogP) is 2.20. The van der Waals surface area contributed by atoms with Gasteiger partial charge in [0.25, 0.3) is 0 Å². The summed E-state index contributed by atoms with van der Waals surface area (Å²) in [7, 11) is 3.40. The number of hydrogen-bond acceptors (Lipinski definition) is 3. The molecule has 0 bridgehead atoms. The van der Waals surface area contributed by atoms with Gasteiger partial charge in [-0.2, -0.15) is 0 Å². The van der Waals surface area contributed by atoms with Crippen molar-refractivity contribution in [3.05, 3.63) is 35.6 Å². The van der Waals surface area contributed by atoms with Gasteiger partial charge in [-0.25, -0.2) is 4.39 Å². The van der Waals surface area contributed by atoms with Gasteiger partial charge in [0.05, 0.1) is 13.2 Å². The second-order valence-corrected chi connectivity index (χ2v) is 4.76. The standard InChI is InChI=1S/C16H26FN3O2.HI/c1-18-16(19-9-3-11-22-13-12-21-2)20-10-8-14-4-6-15(17)7-5-14;/h4-7H,3,8-13H2,1-2H3,(H2,18,19,20);1H. The highest BCUT2D eigenvalue weighted by Gasteiger charge is 1.98. The van der Waals surface area contributed by atoms with Crippen molar-refractivity contribution in [2.24, 2.45) is 4.99 Å². The van der Waals surface area contributed by atoms with E-state index < -0.39 is 0 Å². The Morgan fingerprint density at radius 1 is 1.09 bits per heavy atom. The number of nitrogens with zero attached hydrogens (tertiary/aromatic N) is 1. The summed E-state index contributed by atoms with van der Waals surface area (Å²) >= 11 is 0. The second kappa shape index (κ2) is 14.6. The van der Waals surface area contributed by atoms with E-state index in [1.54, 1.807) is 26.3 Å². The van der Waals surface area contributed by atoms with Gasteiger partial charge < -0.3 is 20.1 Å². The smallest absolute Gasteiger partial charge is 0.190 e. The highest BCUT2D eigenvalue weighted by atomic mass is 127. The first kappa shape index (κ1) is 22.1. The average molecular weight is 439 g/mol. The van der Waals surface area contributed by atoms with Crippen molar-refractivity contribution in [2.75, 3.05) is 47.1 Å². The lowest BCUT2D eigenvalue weighted by atomic mass is 10.1. The molecule has 0 saturated carbocycles. The molecule has 132 valence electrons. The molecule has 0 aliphatic carbocycles. The maximum Gasteiger partial charge on any atom is 0.190 e. The zero-order valence-electron chi connectivity index (χ0n) is 13.8. The first-order chi connectivity index (χ1) is 10.8. The Kier molecular flexibility index (Phi) is 14.1. The average Bonchev–Trinajstić information content (AvgIpc) is 2.54. The summed E-state index contributed by atoms with van der Waals surface area (Å²) in [4.78, 5) is 4.15. The van der Waals surface area contributed by atoms with E-state index in [4.69, 9.17) is 9.47 Å². The Balaban J connectivity index is 0.00000484. The number of benzene rings is 1. The van der Waals surface area contributed by atoms with E-state index in [2.05, 4.69) is 15.6 Å². The van der Waals surface area contributed by atoms with E-state index in [1.165, 1.54) is 12.1 Å². The molecule has 0 fully saturated rings. The maximum absolute atomic E-state index is 12.8. The molecule has 0 spiro atoms. The fourth-order valence-corrected chi connectivity index (χ4v) is 1.82. The van der Waals surface area contributed by atoms with E-state index in [1.807, 2.05) is 0 Å². The Labute approximate surface area is 155 Å². The molecule has 1 rings (SSSR count). The fraction of sp³-hybridized carbons (Fsp3) is 0.562. The van der Waals surface area contributed by atoms with Crippen LogP contribution in [0.3, 0.4) is 0 Å². The highest BCUT2D eigenvalue weighted by Crippen LogP contribution is 2.02. The number of aliphatic imine (C=N–C) groups is 1. The summed E-state index contributed by atoms with van der Waals surface area (Å²) in [5, 5.41) is 6.45. The van der Waals surface area contributed by atoms with Gasteiger partial charge in [0.2, 0.25) is 0 Å². The van der Waals surface area contributed by atoms with Crippen LogP contribution in [0.1, 0.15) is 12.0 Å². The van der Waals surface area contributed by atoms with Gasteiger partial charge in [-0.05, 0) is 30.5 Å². The van der Waals surface area contributed by atoms with E-state index in [9.17, 15) is 4.39 Å². The topological polar surface area (TPSA) is 54.9 Å². The molecule has 0 aliphatic rings. The zero-order chi connectivity index (χ0) is 16.0. The molecular weight excluding hydrogens is 412 g/mol. The summed E-state index contributed by atoms with van der Waals surface area (Å²) < 4.78 is 23.1. The molecule has 0 radical (unpaired) electrons. The van der Waals surface area contributed by atoms with Crippen LogP contribution in [0.25, 0.3) is 0 Å². The van der Waals surface area contributed by atoms with Gasteiger partial charge in [0.1, 0.15) is 5.82 Å². The third-order valence-corrected chi connectivity index (χ3v) is 3.03. The number of guanidine groups is 1. The van der Waals surface area contributed by atoms with Crippen molar-refractivity contribution >= 4 is 29.9 Å². The molecule has 1 aromatic rings. The van der Waals surface area contributed by atoms with Crippen molar-refractivity contribution < 1.29 is 13.9 Å². The van der Waals surface area contributed by atoms with Crippen LogP contribution >= 0.6 is 24.0 Å². The third kappa shape index (κ3) is 11.3. The molecule has 0 saturated heterocycles. The van der Waals surface area contributed by atoms with Gasteiger partial charge in [-0.15, -0.1) is 24.0 Å². The summed E-state index contributed by atoms with van der Waals surface area (Å²) in [5.74, 6) is 0.556. The second-order valence-electron chi connectivity index (χ2n) is 4.76. The summed E-state index contributed by atoms with van der Waals surface area (Å²) in [6.07, 6.45) is 1.73. The van der Waals surface area contributed by atoms with E-state index >= 15 is 0 Å². The molecule has 1 aromatic carbocycles. The van der Waals surface area contributed by atoms with Crippen molar-refractivity contribution in [3.63, 3.8) is 0 Å². The molecule has 5 nitrogen and oxygen atoms in total. The lowest BCUT2D eigenvalue weighted by Crippen LogP contribution is -2.39. The van der Waals surface area contributed by atoms with E-state index in [0.29, 0.717) is 19.8 Å². The molecular formula is C16H27FIN3O2. The van der Waals surface area contributed by atoms with Gasteiger partial charge in [0.15, 0.2) is 5.96 Å². The van der Waals surface area contributed by atoms with Crippen molar-refractivity contribution in [3.8, 4) is 0 Å². The normalized spacial score (nSPS) is 11.0. The molecule has 23 heavy (non-hydrogen) atoms. The van der Waals surface area contributed by atoms with Crippen LogP contribution in [0.5, 0.6) is 0 Å². The van der Waals surface area contributed by atoms with E-state index in [-0.39, 0.29) is 29.8 Å². The quantitative estimate of drug-likeness (QED) is 0.254. The number of methoxy groups -OCH3 is 1. The zero-order valence-corrected chi connectivity index (χ0v) is 16.1.